The van der Waals surface area contributed by atoms with Crippen LogP contribution in [-0.4, -0.2) is 27.4 Å². The Kier molecular flexibility index (Phi) is 3.94. The molecule has 0 spiro atoms. The van der Waals surface area contributed by atoms with Gasteiger partial charge < -0.3 is 14.5 Å². The lowest BCUT2D eigenvalue weighted by molar-refractivity contribution is 0.0523. The molecule has 1 aromatic heterocycles. The van der Waals surface area contributed by atoms with E-state index in [2.05, 4.69) is 5.16 Å². The highest BCUT2D eigenvalue weighted by Gasteiger charge is 2.27. The normalized spacial score (nSPS) is 15.6. The maximum atomic E-state index is 12.2. The molecule has 1 N–H and O–H groups in total. The van der Waals surface area contributed by atoms with Gasteiger partial charge in [-0.15, -0.1) is 0 Å². The van der Waals surface area contributed by atoms with Gasteiger partial charge in [0.25, 0.3) is 0 Å². The van der Waals surface area contributed by atoms with Crippen LogP contribution in [0, 0.1) is 0 Å². The molecule has 7 heteroatoms. The number of carbonyl (C=O) groups excluding carboxylic acids is 1. The fourth-order valence-corrected chi connectivity index (χ4v) is 2.99. The molecule has 102 valence electrons. The second-order valence-electron chi connectivity index (χ2n) is 3.93. The summed E-state index contributed by atoms with van der Waals surface area (Å²) in [5, 5.41) is 13.1. The van der Waals surface area contributed by atoms with Crippen LogP contribution in [0.25, 0.3) is 0 Å². The zero-order chi connectivity index (χ0) is 14.0. The highest BCUT2D eigenvalue weighted by Crippen LogP contribution is 2.31. The Bertz CT molecular complexity index is 606. The molecule has 0 aromatic carbocycles. The van der Waals surface area contributed by atoms with Gasteiger partial charge >= 0.3 is 5.97 Å². The van der Waals surface area contributed by atoms with Crippen LogP contribution in [0.2, 0.25) is 0 Å². The SMILES string of the molecule is CCOC(=O)c1cn(CC)c2c(c1=O)C/C(=N\O)S2. The van der Waals surface area contributed by atoms with Crippen LogP contribution in [0.4, 0.5) is 0 Å². The van der Waals surface area contributed by atoms with Gasteiger partial charge in [-0.3, -0.25) is 4.79 Å². The average molecular weight is 282 g/mol. The van der Waals surface area contributed by atoms with Crippen molar-refractivity contribution >= 4 is 22.8 Å². The number of hydrogen-bond donors (Lipinski definition) is 1. The lowest BCUT2D eigenvalue weighted by Gasteiger charge is -2.11. The van der Waals surface area contributed by atoms with E-state index in [1.165, 1.54) is 18.0 Å². The van der Waals surface area contributed by atoms with E-state index in [-0.39, 0.29) is 24.0 Å². The predicted molar refractivity (Wildman–Crippen MR) is 71.1 cm³/mol. The first-order valence-electron chi connectivity index (χ1n) is 5.94. The monoisotopic (exact) mass is 282 g/mol. The lowest BCUT2D eigenvalue weighted by atomic mass is 10.1. The van der Waals surface area contributed by atoms with E-state index in [1.54, 1.807) is 11.5 Å². The second-order valence-corrected chi connectivity index (χ2v) is 5.00. The van der Waals surface area contributed by atoms with Gasteiger partial charge in [0.1, 0.15) is 10.6 Å². The van der Waals surface area contributed by atoms with Gasteiger partial charge in [-0.2, -0.15) is 0 Å². The standard InChI is InChI=1S/C12H14N2O4S/c1-3-14-6-8(12(16)18-4-2)10(15)7-5-9(13-17)19-11(7)14/h6,17H,3-5H2,1-2H3/b13-9+. The van der Waals surface area contributed by atoms with E-state index >= 15 is 0 Å². The minimum Gasteiger partial charge on any atom is -0.462 e. The summed E-state index contributed by atoms with van der Waals surface area (Å²) in [7, 11) is 0. The zero-order valence-corrected chi connectivity index (χ0v) is 11.5. The third-order valence-electron chi connectivity index (χ3n) is 2.81. The Hall–Kier alpha value is -1.76. The van der Waals surface area contributed by atoms with Gasteiger partial charge in [0.15, 0.2) is 0 Å². The number of esters is 1. The smallest absolute Gasteiger partial charge is 0.343 e. The van der Waals surface area contributed by atoms with Crippen LogP contribution < -0.4 is 5.43 Å². The van der Waals surface area contributed by atoms with Crippen molar-refractivity contribution in [1.82, 2.24) is 4.57 Å². The second kappa shape index (κ2) is 5.48. The Balaban J connectivity index is 2.57. The van der Waals surface area contributed by atoms with Crippen molar-refractivity contribution in [3.05, 3.63) is 27.5 Å². The highest BCUT2D eigenvalue weighted by atomic mass is 32.2. The van der Waals surface area contributed by atoms with Crippen molar-refractivity contribution in [2.45, 2.75) is 31.8 Å². The Morgan fingerprint density at radius 2 is 2.32 bits per heavy atom. The van der Waals surface area contributed by atoms with Crippen LogP contribution in [0.15, 0.2) is 21.2 Å². The van der Waals surface area contributed by atoms with Crippen molar-refractivity contribution in [1.29, 1.82) is 0 Å². The van der Waals surface area contributed by atoms with Crippen LogP contribution in [0.1, 0.15) is 29.8 Å². The number of rotatable bonds is 3. The van der Waals surface area contributed by atoms with Gasteiger partial charge in [-0.05, 0) is 13.8 Å². The molecule has 0 saturated heterocycles. The molecule has 0 fully saturated rings. The fourth-order valence-electron chi connectivity index (χ4n) is 1.93. The molecular formula is C12H14N2O4S. The predicted octanol–water partition coefficient (Wildman–Crippen LogP) is 1.48. The zero-order valence-electron chi connectivity index (χ0n) is 10.7. The average Bonchev–Trinajstić information content (AvgIpc) is 2.84. The van der Waals surface area contributed by atoms with Gasteiger partial charge in [0.05, 0.1) is 11.6 Å². The quantitative estimate of drug-likeness (QED) is 0.516. The van der Waals surface area contributed by atoms with Crippen LogP contribution >= 0.6 is 11.8 Å². The summed E-state index contributed by atoms with van der Waals surface area (Å²) >= 11 is 1.25. The minimum absolute atomic E-state index is 0.0299. The first kappa shape index (κ1) is 13.7. The molecule has 1 aliphatic heterocycles. The number of hydrogen-bond acceptors (Lipinski definition) is 6. The summed E-state index contributed by atoms with van der Waals surface area (Å²) in [6, 6.07) is 0. The topological polar surface area (TPSA) is 80.9 Å². The first-order valence-corrected chi connectivity index (χ1v) is 6.76. The molecule has 1 aromatic rings. The van der Waals surface area contributed by atoms with E-state index in [9.17, 15) is 9.59 Å². The molecule has 1 aliphatic rings. The van der Waals surface area contributed by atoms with Gasteiger partial charge in [-0.1, -0.05) is 16.9 Å². The first-order chi connectivity index (χ1) is 9.12. The molecule has 0 amide bonds. The Labute approximate surface area is 114 Å². The number of thioether (sulfide) groups is 1. The number of oxime groups is 1. The summed E-state index contributed by atoms with van der Waals surface area (Å²) in [5.41, 5.74) is 0.178. The van der Waals surface area contributed by atoms with Crippen LogP contribution in [0.3, 0.4) is 0 Å². The van der Waals surface area contributed by atoms with E-state index in [4.69, 9.17) is 9.94 Å². The van der Waals surface area contributed by atoms with Crippen molar-refractivity contribution < 1.29 is 14.7 Å². The van der Waals surface area contributed by atoms with Crippen molar-refractivity contribution in [2.24, 2.45) is 5.16 Å². The van der Waals surface area contributed by atoms with E-state index in [1.807, 2.05) is 6.92 Å². The van der Waals surface area contributed by atoms with E-state index in [0.29, 0.717) is 17.2 Å². The Morgan fingerprint density at radius 3 is 2.89 bits per heavy atom. The number of carbonyl (C=O) groups is 1. The summed E-state index contributed by atoms with van der Waals surface area (Å²) in [6.07, 6.45) is 1.76. The molecule has 19 heavy (non-hydrogen) atoms. The van der Waals surface area contributed by atoms with Crippen molar-refractivity contribution in [2.75, 3.05) is 6.61 Å². The molecule has 0 aliphatic carbocycles. The number of aromatic nitrogens is 1. The minimum atomic E-state index is -0.614. The Morgan fingerprint density at radius 1 is 1.58 bits per heavy atom. The fraction of sp³-hybridized carbons (Fsp3) is 0.417. The van der Waals surface area contributed by atoms with Crippen LogP contribution in [0.5, 0.6) is 0 Å². The van der Waals surface area contributed by atoms with Crippen molar-refractivity contribution in [3.8, 4) is 0 Å². The van der Waals surface area contributed by atoms with Gasteiger partial charge in [0.2, 0.25) is 5.43 Å². The van der Waals surface area contributed by atoms with E-state index < -0.39 is 5.97 Å². The number of aryl methyl sites for hydroxylation is 1. The molecular weight excluding hydrogens is 268 g/mol. The lowest BCUT2D eigenvalue weighted by Crippen LogP contribution is -2.23. The molecule has 0 atom stereocenters. The van der Waals surface area contributed by atoms with E-state index in [0.717, 1.165) is 5.03 Å². The highest BCUT2D eigenvalue weighted by molar-refractivity contribution is 8.14. The summed E-state index contributed by atoms with van der Waals surface area (Å²) in [6.45, 7) is 4.44. The molecule has 2 heterocycles. The maximum absolute atomic E-state index is 12.2. The third kappa shape index (κ3) is 2.37. The molecule has 0 saturated carbocycles. The van der Waals surface area contributed by atoms with Crippen molar-refractivity contribution in [3.63, 3.8) is 0 Å². The molecule has 0 radical (unpaired) electrons. The number of fused-ring (bicyclic) bond motifs is 1. The number of ether oxygens (including phenoxy) is 1. The molecule has 6 nitrogen and oxygen atoms in total. The summed E-state index contributed by atoms with van der Waals surface area (Å²) < 4.78 is 6.68. The summed E-state index contributed by atoms with van der Waals surface area (Å²) in [5.74, 6) is -0.614. The number of nitrogens with zero attached hydrogens (tertiary/aromatic N) is 2. The summed E-state index contributed by atoms with van der Waals surface area (Å²) in [4.78, 5) is 24.0. The maximum Gasteiger partial charge on any atom is 0.343 e. The molecule has 0 unspecified atom stereocenters. The van der Waals surface area contributed by atoms with Gasteiger partial charge in [-0.25, -0.2) is 4.79 Å². The van der Waals surface area contributed by atoms with Gasteiger partial charge in [0, 0.05) is 24.7 Å². The molecule has 2 rings (SSSR count). The molecule has 0 bridgehead atoms. The number of pyridine rings is 1. The largest absolute Gasteiger partial charge is 0.462 e. The third-order valence-corrected chi connectivity index (χ3v) is 3.95. The van der Waals surface area contributed by atoms with Crippen LogP contribution in [-0.2, 0) is 17.7 Å².